The third kappa shape index (κ3) is 3.56. The summed E-state index contributed by atoms with van der Waals surface area (Å²) < 4.78 is 22.1. The number of methoxy groups -OCH3 is 4. The highest BCUT2D eigenvalue weighted by molar-refractivity contribution is 5.83. The van der Waals surface area contributed by atoms with Crippen LogP contribution in [-0.4, -0.2) is 46.3 Å². The van der Waals surface area contributed by atoms with Crippen LogP contribution in [0.5, 0.6) is 23.0 Å². The molecule has 0 bridgehead atoms. The summed E-state index contributed by atoms with van der Waals surface area (Å²) in [6.07, 6.45) is 1.30. The Bertz CT molecular complexity index is 1030. The lowest BCUT2D eigenvalue weighted by Gasteiger charge is -2.27. The first-order chi connectivity index (χ1) is 14.4. The molecular formula is C23H27NO6. The van der Waals surface area contributed by atoms with Gasteiger partial charge in [0.05, 0.1) is 34.5 Å². The Morgan fingerprint density at radius 3 is 2.20 bits per heavy atom. The molecule has 7 nitrogen and oxygen atoms in total. The van der Waals surface area contributed by atoms with E-state index in [1.165, 1.54) is 14.0 Å². The predicted octanol–water partition coefficient (Wildman–Crippen LogP) is 3.21. The molecule has 0 fully saturated rings. The second-order valence-electron chi connectivity index (χ2n) is 7.14. The fraction of sp³-hybridized carbons (Fsp3) is 0.391. The van der Waals surface area contributed by atoms with Gasteiger partial charge in [-0.25, -0.2) is 0 Å². The molecule has 1 aliphatic rings. The zero-order valence-electron chi connectivity index (χ0n) is 18.2. The SMILES string of the molecule is COc1cc2c(c(OC)c1OC)-c1ccc(OC)c(=O)cc1C(N(C)C(C)=O)CC2. The molecule has 0 radical (unpaired) electrons. The number of benzene rings is 1. The van der Waals surface area contributed by atoms with E-state index in [2.05, 4.69) is 0 Å². The number of rotatable bonds is 5. The van der Waals surface area contributed by atoms with Crippen LogP contribution in [0.1, 0.15) is 30.5 Å². The molecule has 3 rings (SSSR count). The number of hydrogen-bond donors (Lipinski definition) is 0. The van der Waals surface area contributed by atoms with Crippen molar-refractivity contribution in [3.63, 3.8) is 0 Å². The summed E-state index contributed by atoms with van der Waals surface area (Å²) in [6.45, 7) is 1.52. The van der Waals surface area contributed by atoms with E-state index >= 15 is 0 Å². The van der Waals surface area contributed by atoms with Crippen molar-refractivity contribution in [1.82, 2.24) is 4.90 Å². The lowest BCUT2D eigenvalue weighted by atomic mass is 9.95. The molecule has 0 heterocycles. The minimum absolute atomic E-state index is 0.0787. The fourth-order valence-electron chi connectivity index (χ4n) is 4.07. The van der Waals surface area contributed by atoms with Crippen LogP contribution < -0.4 is 24.4 Å². The second kappa shape index (κ2) is 8.65. The van der Waals surface area contributed by atoms with Gasteiger partial charge in [0.25, 0.3) is 0 Å². The number of ether oxygens (including phenoxy) is 4. The first-order valence-electron chi connectivity index (χ1n) is 9.65. The van der Waals surface area contributed by atoms with E-state index < -0.39 is 0 Å². The largest absolute Gasteiger partial charge is 0.493 e. The summed E-state index contributed by atoms with van der Waals surface area (Å²) in [6, 6.07) is 6.70. The molecule has 0 spiro atoms. The van der Waals surface area contributed by atoms with Gasteiger partial charge in [-0.1, -0.05) is 6.07 Å². The first kappa shape index (κ1) is 21.5. The Morgan fingerprint density at radius 1 is 0.967 bits per heavy atom. The lowest BCUT2D eigenvalue weighted by Crippen LogP contribution is -2.29. The zero-order chi connectivity index (χ0) is 22.0. The highest BCUT2D eigenvalue weighted by Gasteiger charge is 2.31. The van der Waals surface area contributed by atoms with Crippen LogP contribution in [0.3, 0.4) is 0 Å². The van der Waals surface area contributed by atoms with Gasteiger partial charge in [-0.05, 0) is 47.7 Å². The number of amides is 1. The van der Waals surface area contributed by atoms with Crippen molar-refractivity contribution in [2.45, 2.75) is 25.8 Å². The summed E-state index contributed by atoms with van der Waals surface area (Å²) in [5.41, 5.74) is 3.10. The summed E-state index contributed by atoms with van der Waals surface area (Å²) in [5.74, 6) is 1.72. The smallest absolute Gasteiger partial charge is 0.220 e. The molecule has 0 saturated heterocycles. The molecule has 1 atom stereocenters. The quantitative estimate of drug-likeness (QED) is 0.749. The van der Waals surface area contributed by atoms with E-state index in [0.717, 1.165) is 22.3 Å². The van der Waals surface area contributed by atoms with Gasteiger partial charge in [-0.3, -0.25) is 9.59 Å². The average molecular weight is 413 g/mol. The molecule has 2 aromatic rings. The number of nitrogens with zero attached hydrogens (tertiary/aromatic N) is 1. The van der Waals surface area contributed by atoms with Crippen molar-refractivity contribution < 1.29 is 23.7 Å². The minimum atomic E-state index is -0.281. The van der Waals surface area contributed by atoms with Gasteiger partial charge in [0.1, 0.15) is 0 Å². The third-order valence-corrected chi connectivity index (χ3v) is 5.65. The first-order valence-corrected chi connectivity index (χ1v) is 9.65. The van der Waals surface area contributed by atoms with Gasteiger partial charge in [0, 0.05) is 19.5 Å². The molecule has 2 aromatic carbocycles. The number of aryl methyl sites for hydroxylation is 1. The van der Waals surface area contributed by atoms with Crippen LogP contribution in [0.4, 0.5) is 0 Å². The van der Waals surface area contributed by atoms with Crippen molar-refractivity contribution in [3.8, 4) is 34.1 Å². The van der Waals surface area contributed by atoms with Gasteiger partial charge in [0.15, 0.2) is 17.2 Å². The fourth-order valence-corrected chi connectivity index (χ4v) is 4.07. The van der Waals surface area contributed by atoms with E-state index in [1.807, 2.05) is 12.1 Å². The summed E-state index contributed by atoms with van der Waals surface area (Å²) >= 11 is 0. The maximum Gasteiger partial charge on any atom is 0.220 e. The van der Waals surface area contributed by atoms with Crippen molar-refractivity contribution in [2.24, 2.45) is 0 Å². The second-order valence-corrected chi connectivity index (χ2v) is 7.14. The molecule has 0 aliphatic heterocycles. The molecule has 0 aromatic heterocycles. The lowest BCUT2D eigenvalue weighted by molar-refractivity contribution is -0.129. The Hall–Kier alpha value is -3.22. The Labute approximate surface area is 176 Å². The molecule has 160 valence electrons. The van der Waals surface area contributed by atoms with E-state index in [0.29, 0.717) is 30.1 Å². The summed E-state index contributed by atoms with van der Waals surface area (Å²) in [4.78, 5) is 26.6. The van der Waals surface area contributed by atoms with E-state index in [4.69, 9.17) is 18.9 Å². The van der Waals surface area contributed by atoms with Crippen LogP contribution in [-0.2, 0) is 11.2 Å². The van der Waals surface area contributed by atoms with Gasteiger partial charge >= 0.3 is 0 Å². The van der Waals surface area contributed by atoms with Crippen molar-refractivity contribution in [1.29, 1.82) is 0 Å². The monoisotopic (exact) mass is 413 g/mol. The number of carbonyl (C=O) groups excluding carboxylic acids is 1. The highest BCUT2D eigenvalue weighted by atomic mass is 16.5. The highest BCUT2D eigenvalue weighted by Crippen LogP contribution is 2.50. The van der Waals surface area contributed by atoms with Crippen LogP contribution in [0.2, 0.25) is 0 Å². The zero-order valence-corrected chi connectivity index (χ0v) is 18.2. The molecule has 1 unspecified atom stereocenters. The maximum atomic E-state index is 12.8. The molecule has 0 N–H and O–H groups in total. The Kier molecular flexibility index (Phi) is 6.20. The predicted molar refractivity (Wildman–Crippen MR) is 114 cm³/mol. The van der Waals surface area contributed by atoms with Crippen molar-refractivity contribution in [3.05, 3.63) is 45.6 Å². The summed E-state index contributed by atoms with van der Waals surface area (Å²) in [7, 11) is 7.92. The maximum absolute atomic E-state index is 12.8. The molecular weight excluding hydrogens is 386 g/mol. The van der Waals surface area contributed by atoms with Crippen LogP contribution in [0, 0.1) is 0 Å². The van der Waals surface area contributed by atoms with Crippen LogP contribution in [0.25, 0.3) is 11.1 Å². The number of fused-ring (bicyclic) bond motifs is 3. The van der Waals surface area contributed by atoms with E-state index in [-0.39, 0.29) is 23.1 Å². The minimum Gasteiger partial charge on any atom is -0.493 e. The van der Waals surface area contributed by atoms with E-state index in [9.17, 15) is 9.59 Å². The molecule has 7 heteroatoms. The molecule has 1 amide bonds. The third-order valence-electron chi connectivity index (χ3n) is 5.65. The molecule has 0 saturated carbocycles. The Balaban J connectivity index is 2.44. The van der Waals surface area contributed by atoms with Crippen LogP contribution >= 0.6 is 0 Å². The molecule has 1 aliphatic carbocycles. The van der Waals surface area contributed by atoms with E-state index in [1.54, 1.807) is 45.4 Å². The standard InChI is InChI=1S/C23H27NO6/c1-13(25)24(2)17-9-7-14-11-20(28-4)22(29-5)23(30-6)21(14)15-8-10-19(27-3)18(26)12-16(15)17/h8,10-12,17H,7,9H2,1-6H3. The number of hydrogen-bond acceptors (Lipinski definition) is 6. The Morgan fingerprint density at radius 2 is 1.63 bits per heavy atom. The van der Waals surface area contributed by atoms with Crippen molar-refractivity contribution >= 4 is 5.91 Å². The van der Waals surface area contributed by atoms with Gasteiger partial charge in [-0.15, -0.1) is 0 Å². The van der Waals surface area contributed by atoms with Gasteiger partial charge < -0.3 is 23.8 Å². The van der Waals surface area contributed by atoms with Gasteiger partial charge in [0.2, 0.25) is 17.1 Å². The van der Waals surface area contributed by atoms with Crippen LogP contribution in [0.15, 0.2) is 29.1 Å². The normalized spacial score (nSPS) is 14.7. The van der Waals surface area contributed by atoms with Crippen molar-refractivity contribution in [2.75, 3.05) is 35.5 Å². The van der Waals surface area contributed by atoms with Gasteiger partial charge in [-0.2, -0.15) is 0 Å². The number of carbonyl (C=O) groups is 1. The molecule has 30 heavy (non-hydrogen) atoms. The average Bonchev–Trinajstić information content (AvgIpc) is 2.99. The summed E-state index contributed by atoms with van der Waals surface area (Å²) in [5, 5.41) is 0. The topological polar surface area (TPSA) is 74.3 Å².